The van der Waals surface area contributed by atoms with Gasteiger partial charge in [-0.25, -0.2) is 4.98 Å². The fraction of sp³-hybridized carbons (Fsp3) is 0.294. The van der Waals surface area contributed by atoms with Crippen LogP contribution >= 0.6 is 23.2 Å². The summed E-state index contributed by atoms with van der Waals surface area (Å²) in [5.74, 6) is -0.443. The van der Waals surface area contributed by atoms with Gasteiger partial charge in [0.25, 0.3) is 11.8 Å². The molecule has 1 saturated heterocycles. The summed E-state index contributed by atoms with van der Waals surface area (Å²) >= 11 is 12.2. The molecule has 0 spiro atoms. The van der Waals surface area contributed by atoms with E-state index in [4.69, 9.17) is 23.2 Å². The number of benzene rings is 1. The Morgan fingerprint density at radius 1 is 1.12 bits per heavy atom. The molecule has 130 valence electrons. The third-order valence-corrected chi connectivity index (χ3v) is 4.72. The number of hydrogen-bond acceptors (Lipinski definition) is 4. The first kappa shape index (κ1) is 17.6. The highest BCUT2D eigenvalue weighted by Gasteiger charge is 2.27. The summed E-state index contributed by atoms with van der Waals surface area (Å²) in [5, 5.41) is 3.61. The topological polar surface area (TPSA) is 75.2 Å². The zero-order valence-electron chi connectivity index (χ0n) is 13.3. The highest BCUT2D eigenvalue weighted by Crippen LogP contribution is 2.26. The average molecular weight is 379 g/mol. The molecule has 1 aliphatic heterocycles. The lowest BCUT2D eigenvalue weighted by molar-refractivity contribution is 0.0698. The number of carbonyl (C=O) groups is 2. The Labute approximate surface area is 155 Å². The van der Waals surface area contributed by atoms with Crippen molar-refractivity contribution in [2.45, 2.75) is 18.9 Å². The highest BCUT2D eigenvalue weighted by atomic mass is 35.5. The van der Waals surface area contributed by atoms with Gasteiger partial charge < -0.3 is 10.2 Å². The summed E-state index contributed by atoms with van der Waals surface area (Å²) in [6, 6.07) is 4.99. The minimum absolute atomic E-state index is 0.0136. The zero-order chi connectivity index (χ0) is 17.8. The van der Waals surface area contributed by atoms with Crippen LogP contribution in [0.1, 0.15) is 33.7 Å². The fourth-order valence-electron chi connectivity index (χ4n) is 2.76. The van der Waals surface area contributed by atoms with Crippen LogP contribution in [0, 0.1) is 0 Å². The summed E-state index contributed by atoms with van der Waals surface area (Å²) in [7, 11) is 0. The molecule has 1 N–H and O–H groups in total. The molecule has 8 heteroatoms. The van der Waals surface area contributed by atoms with E-state index in [1.807, 2.05) is 0 Å². The molecule has 0 unspecified atom stereocenters. The van der Waals surface area contributed by atoms with Gasteiger partial charge in [0.2, 0.25) is 0 Å². The summed E-state index contributed by atoms with van der Waals surface area (Å²) in [5.41, 5.74) is 0.608. The lowest BCUT2D eigenvalue weighted by Crippen LogP contribution is -2.46. The van der Waals surface area contributed by atoms with E-state index in [0.717, 1.165) is 0 Å². The number of nitrogens with one attached hydrogen (secondary N) is 1. The van der Waals surface area contributed by atoms with E-state index in [1.54, 1.807) is 23.1 Å². The van der Waals surface area contributed by atoms with Gasteiger partial charge in [0.05, 0.1) is 21.8 Å². The van der Waals surface area contributed by atoms with Crippen molar-refractivity contribution in [1.82, 2.24) is 20.2 Å². The molecule has 1 aromatic carbocycles. The molecule has 1 fully saturated rings. The van der Waals surface area contributed by atoms with Gasteiger partial charge in [-0.2, -0.15) is 0 Å². The number of likely N-dealkylation sites (tertiary alicyclic amines) is 1. The lowest BCUT2D eigenvalue weighted by atomic mass is 10.0. The molecule has 0 radical (unpaired) electrons. The molecule has 6 nitrogen and oxygen atoms in total. The summed E-state index contributed by atoms with van der Waals surface area (Å²) in [4.78, 5) is 34.3. The Balaban J connectivity index is 1.59. The molecule has 0 atom stereocenters. The molecule has 2 heterocycles. The van der Waals surface area contributed by atoms with Gasteiger partial charge in [-0.3, -0.25) is 14.6 Å². The minimum atomic E-state index is -0.257. The maximum atomic E-state index is 12.6. The predicted octanol–water partition coefficient (Wildman–Crippen LogP) is 2.82. The van der Waals surface area contributed by atoms with Gasteiger partial charge in [-0.15, -0.1) is 0 Å². The Hall–Kier alpha value is -2.18. The molecule has 0 bridgehead atoms. The zero-order valence-corrected chi connectivity index (χ0v) is 14.8. The SMILES string of the molecule is O=C(NC1CCN(C(=O)c2c(Cl)cccc2Cl)CC1)c1cnccn1. The Morgan fingerprint density at radius 2 is 1.80 bits per heavy atom. The van der Waals surface area contributed by atoms with Crippen molar-refractivity contribution in [1.29, 1.82) is 0 Å². The molecular formula is C17H16Cl2N4O2. The number of aromatic nitrogens is 2. The third-order valence-electron chi connectivity index (χ3n) is 4.09. The first-order valence-corrected chi connectivity index (χ1v) is 8.62. The monoisotopic (exact) mass is 378 g/mol. The molecule has 1 aliphatic rings. The van der Waals surface area contributed by atoms with E-state index in [1.165, 1.54) is 18.6 Å². The van der Waals surface area contributed by atoms with Gasteiger partial charge in [-0.05, 0) is 25.0 Å². The van der Waals surface area contributed by atoms with Crippen LogP contribution in [0.2, 0.25) is 10.0 Å². The van der Waals surface area contributed by atoms with E-state index >= 15 is 0 Å². The predicted molar refractivity (Wildman–Crippen MR) is 94.9 cm³/mol. The number of nitrogens with zero attached hydrogens (tertiary/aromatic N) is 3. The molecule has 25 heavy (non-hydrogen) atoms. The van der Waals surface area contributed by atoms with Crippen molar-refractivity contribution in [3.8, 4) is 0 Å². The number of piperidine rings is 1. The summed E-state index contributed by atoms with van der Waals surface area (Å²) < 4.78 is 0. The van der Waals surface area contributed by atoms with Crippen LogP contribution in [0.3, 0.4) is 0 Å². The van der Waals surface area contributed by atoms with Crippen LogP contribution < -0.4 is 5.32 Å². The fourth-order valence-corrected chi connectivity index (χ4v) is 3.32. The minimum Gasteiger partial charge on any atom is -0.348 e. The van der Waals surface area contributed by atoms with Gasteiger partial charge in [-0.1, -0.05) is 29.3 Å². The normalized spacial score (nSPS) is 15.0. The quantitative estimate of drug-likeness (QED) is 0.890. The van der Waals surface area contributed by atoms with Crippen molar-refractivity contribution in [2.24, 2.45) is 0 Å². The standard InChI is InChI=1S/C17H16Cl2N4O2/c18-12-2-1-3-13(19)15(12)17(25)23-8-4-11(5-9-23)22-16(24)14-10-20-6-7-21-14/h1-3,6-7,10-11H,4-5,8-9H2,(H,22,24). The van der Waals surface area contributed by atoms with Crippen LogP contribution in [0.25, 0.3) is 0 Å². The van der Waals surface area contributed by atoms with Crippen LogP contribution in [-0.4, -0.2) is 45.8 Å². The van der Waals surface area contributed by atoms with Gasteiger partial charge in [0, 0.05) is 31.5 Å². The second kappa shape index (κ2) is 7.80. The average Bonchev–Trinajstić information content (AvgIpc) is 2.63. The number of carbonyl (C=O) groups excluding carboxylic acids is 2. The van der Waals surface area contributed by atoms with Crippen LogP contribution in [0.4, 0.5) is 0 Å². The highest BCUT2D eigenvalue weighted by molar-refractivity contribution is 6.39. The Kier molecular flexibility index (Phi) is 5.50. The van der Waals surface area contributed by atoms with Crippen molar-refractivity contribution >= 4 is 35.0 Å². The third kappa shape index (κ3) is 4.08. The molecule has 2 amide bonds. The van der Waals surface area contributed by atoms with Crippen molar-refractivity contribution in [3.63, 3.8) is 0 Å². The first-order chi connectivity index (χ1) is 12.1. The molecule has 1 aromatic heterocycles. The van der Waals surface area contributed by atoms with Gasteiger partial charge >= 0.3 is 0 Å². The van der Waals surface area contributed by atoms with Crippen LogP contribution in [-0.2, 0) is 0 Å². The van der Waals surface area contributed by atoms with E-state index in [9.17, 15) is 9.59 Å². The number of hydrogen-bond donors (Lipinski definition) is 1. The first-order valence-electron chi connectivity index (χ1n) is 7.86. The van der Waals surface area contributed by atoms with Gasteiger partial charge in [0.15, 0.2) is 0 Å². The summed E-state index contributed by atoms with van der Waals surface area (Å²) in [6.45, 7) is 1.04. The van der Waals surface area contributed by atoms with Crippen LogP contribution in [0.5, 0.6) is 0 Å². The molecule has 2 aromatic rings. The summed E-state index contributed by atoms with van der Waals surface area (Å²) in [6.07, 6.45) is 5.72. The van der Waals surface area contributed by atoms with Crippen molar-refractivity contribution < 1.29 is 9.59 Å². The second-order valence-corrected chi connectivity index (χ2v) is 6.54. The number of amides is 2. The number of rotatable bonds is 3. The molecule has 0 saturated carbocycles. The number of halogens is 2. The molecular weight excluding hydrogens is 363 g/mol. The molecule has 0 aliphatic carbocycles. The van der Waals surface area contributed by atoms with Crippen molar-refractivity contribution in [2.75, 3.05) is 13.1 Å². The van der Waals surface area contributed by atoms with E-state index in [-0.39, 0.29) is 23.6 Å². The van der Waals surface area contributed by atoms with Gasteiger partial charge in [0.1, 0.15) is 5.69 Å². The smallest absolute Gasteiger partial charge is 0.271 e. The Bertz CT molecular complexity index is 757. The maximum absolute atomic E-state index is 12.6. The van der Waals surface area contributed by atoms with E-state index < -0.39 is 0 Å². The molecule has 3 rings (SSSR count). The maximum Gasteiger partial charge on any atom is 0.271 e. The van der Waals surface area contributed by atoms with Crippen molar-refractivity contribution in [3.05, 3.63) is 58.1 Å². The largest absolute Gasteiger partial charge is 0.348 e. The van der Waals surface area contributed by atoms with E-state index in [0.29, 0.717) is 41.5 Å². The van der Waals surface area contributed by atoms with Crippen LogP contribution in [0.15, 0.2) is 36.8 Å². The van der Waals surface area contributed by atoms with E-state index in [2.05, 4.69) is 15.3 Å². The Morgan fingerprint density at radius 3 is 2.40 bits per heavy atom. The lowest BCUT2D eigenvalue weighted by Gasteiger charge is -2.32. The second-order valence-electron chi connectivity index (χ2n) is 5.73.